The zero-order valence-electron chi connectivity index (χ0n) is 0. The molecule has 0 rings (SSSR count). The van der Waals surface area contributed by atoms with Gasteiger partial charge in [0, 0.05) is 0 Å². The molecule has 0 heterocycles. The van der Waals surface area contributed by atoms with Gasteiger partial charge in [0.05, 0.1) is 0 Å². The van der Waals surface area contributed by atoms with Gasteiger partial charge in [-0.25, -0.2) is 0 Å². The molecule has 0 aliphatic heterocycles. The molecule has 34 heavy (non-hydrogen) atoms. The van der Waals surface area contributed by atoms with Crippen molar-refractivity contribution in [3.8, 4) is 0 Å². The third kappa shape index (κ3) is 241. The van der Waals surface area contributed by atoms with Crippen molar-refractivity contribution in [3.05, 3.63) is 0 Å². The van der Waals surface area contributed by atoms with Crippen molar-refractivity contribution in [2.45, 2.75) is 0 Å². The average molecular weight is 816 g/mol. The molecule has 0 aromatic carbocycles. The predicted molar refractivity (Wildman–Crippen MR) is 243 cm³/mol. The van der Waals surface area contributed by atoms with Crippen LogP contribution >= 0.6 is 0 Å². The van der Waals surface area contributed by atoms with Crippen LogP contribution in [0.25, 0.3) is 0 Å². The Morgan fingerprint density at radius 2 is 0.0294 bits per heavy atom. The van der Waals surface area contributed by atoms with Crippen LogP contribution in [-0.4, -0.2) is 1000 Å². The van der Waals surface area contributed by atoms with E-state index in [0.717, 1.165) is 0 Å². The second-order valence-corrected chi connectivity index (χ2v) is 0. The van der Waals surface area contributed by atoms with Gasteiger partial charge in [0.2, 0.25) is 0 Å². The molecule has 0 aliphatic rings. The maximum atomic E-state index is 0. The summed E-state index contributed by atoms with van der Waals surface area (Å²) in [6.07, 6.45) is 0. The Balaban J connectivity index is 0. The fourth-order valence-electron chi connectivity index (χ4n) is 0. The van der Waals surface area contributed by atoms with Gasteiger partial charge >= 0.3 is 1000 Å². The Labute approximate surface area is 967 Å². The van der Waals surface area contributed by atoms with Gasteiger partial charge in [-0.2, -0.15) is 0 Å². The van der Waals surface area contributed by atoms with E-state index in [4.69, 9.17) is 0 Å². The summed E-state index contributed by atoms with van der Waals surface area (Å²) >= 11 is 0. The van der Waals surface area contributed by atoms with Gasteiger partial charge in [0.1, 0.15) is 0 Å². The summed E-state index contributed by atoms with van der Waals surface area (Å²) in [7, 11) is 0. The molecule has 0 aromatic rings. The number of hydrogen-bond acceptors (Lipinski definition) is 0. The van der Waals surface area contributed by atoms with Crippen molar-refractivity contribution in [2.75, 3.05) is 0 Å². The molecule has 0 saturated heterocycles. The molecular weight excluding hydrogens is 782 g/mol. The van der Waals surface area contributed by atoms with Crippen molar-refractivity contribution < 1.29 is 0 Å². The summed E-state index contributed by atoms with van der Waals surface area (Å²) < 4.78 is 0. The quantitative estimate of drug-likeness (QED) is 0.214. The van der Waals surface area contributed by atoms with Gasteiger partial charge in [-0.05, 0) is 0 Å². The summed E-state index contributed by atoms with van der Waals surface area (Å²) in [5.74, 6) is 0. The number of hydrogen-bond donors (Lipinski definition) is 0. The first-order valence-electron chi connectivity index (χ1n) is 0. The van der Waals surface area contributed by atoms with Crippen LogP contribution < -0.4 is 0 Å². The molecule has 0 unspecified atom stereocenters. The zero-order valence-corrected chi connectivity index (χ0v) is 0. The fraction of sp³-hybridized carbons (Fsp3) is 0. The van der Waals surface area contributed by atoms with Crippen LogP contribution in [0, 0.1) is 0 Å². The second-order valence-electron chi connectivity index (χ2n) is 0. The molecule has 68 valence electrons. The Morgan fingerprint density at radius 3 is 0.0294 bits per heavy atom. The van der Waals surface area contributed by atoms with E-state index >= 15 is 0 Å². The summed E-state index contributed by atoms with van der Waals surface area (Å²) in [5.41, 5.74) is 0. The van der Waals surface area contributed by atoms with Gasteiger partial charge in [-0.15, -0.1) is 0 Å². The Kier molecular flexibility index (Phi) is 1960. The standard InChI is InChI=1S/34Na.34H. The van der Waals surface area contributed by atoms with E-state index < -0.39 is 0 Å². The molecule has 0 spiro atoms. The van der Waals surface area contributed by atoms with Gasteiger partial charge < -0.3 is 0 Å². The van der Waals surface area contributed by atoms with Crippen molar-refractivity contribution in [2.24, 2.45) is 0 Å². The molecule has 0 atom stereocenters. The first-order valence-corrected chi connectivity index (χ1v) is 0. The Bertz CT molecular complexity index is 0. The minimum absolute atomic E-state index is 0. The van der Waals surface area contributed by atoms with Crippen LogP contribution in [0.5, 0.6) is 0 Å². The van der Waals surface area contributed by atoms with Crippen molar-refractivity contribution in [1.82, 2.24) is 0 Å². The van der Waals surface area contributed by atoms with Crippen molar-refractivity contribution in [3.63, 3.8) is 0 Å². The maximum absolute atomic E-state index is 0. The molecule has 0 nitrogen and oxygen atoms in total. The van der Waals surface area contributed by atoms with Gasteiger partial charge in [0.25, 0.3) is 0 Å². The molecule has 34 heteroatoms. The van der Waals surface area contributed by atoms with Crippen LogP contribution in [0.2, 0.25) is 0 Å². The van der Waals surface area contributed by atoms with E-state index in [9.17, 15) is 0 Å². The molecule has 0 fully saturated rings. The third-order valence-corrected chi connectivity index (χ3v) is 0. The Morgan fingerprint density at radius 1 is 0.0294 bits per heavy atom. The van der Waals surface area contributed by atoms with E-state index in [0.29, 0.717) is 0 Å². The second kappa shape index (κ2) is 252. The van der Waals surface area contributed by atoms with E-state index in [1.54, 1.807) is 0 Å². The molecular formula is H34Na34. The third-order valence-electron chi connectivity index (χ3n) is 0. The SMILES string of the molecule is [NaH].[NaH].[NaH].[NaH].[NaH].[NaH].[NaH].[NaH].[NaH].[NaH].[NaH].[NaH].[NaH].[NaH].[NaH].[NaH].[NaH].[NaH].[NaH].[NaH].[NaH].[NaH].[NaH].[NaH].[NaH].[NaH].[NaH].[NaH].[NaH].[NaH].[NaH].[NaH].[NaH].[NaH]. The minimum atomic E-state index is 0. The monoisotopic (exact) mass is 816 g/mol. The summed E-state index contributed by atoms with van der Waals surface area (Å²) in [5, 5.41) is 0. The van der Waals surface area contributed by atoms with E-state index in [1.165, 1.54) is 0 Å². The summed E-state index contributed by atoms with van der Waals surface area (Å²) in [6, 6.07) is 0. The van der Waals surface area contributed by atoms with Gasteiger partial charge in [-0.1, -0.05) is 0 Å². The van der Waals surface area contributed by atoms with Gasteiger partial charge in [0.15, 0.2) is 0 Å². The molecule has 0 radical (unpaired) electrons. The normalized spacial score (nSPS) is 0. The van der Waals surface area contributed by atoms with E-state index in [-0.39, 0.29) is 1000 Å². The molecule has 0 amide bonds. The Hall–Kier alpha value is 34.0. The van der Waals surface area contributed by atoms with Crippen LogP contribution in [0.4, 0.5) is 0 Å². The molecule has 0 aliphatic carbocycles. The van der Waals surface area contributed by atoms with Gasteiger partial charge in [-0.3, -0.25) is 0 Å². The molecule has 0 saturated carbocycles. The zero-order chi connectivity index (χ0) is 0. The average Bonchev–Trinajstić information content (AvgIpc) is 0. The number of rotatable bonds is 0. The summed E-state index contributed by atoms with van der Waals surface area (Å²) in [4.78, 5) is 0. The van der Waals surface area contributed by atoms with Crippen LogP contribution in [0.1, 0.15) is 0 Å². The van der Waals surface area contributed by atoms with E-state index in [2.05, 4.69) is 0 Å². The van der Waals surface area contributed by atoms with Crippen LogP contribution in [-0.2, 0) is 0 Å². The first-order chi connectivity index (χ1) is 0. The first kappa shape index (κ1) is 264. The molecule has 0 aromatic heterocycles. The van der Waals surface area contributed by atoms with Crippen LogP contribution in [0.3, 0.4) is 0 Å². The van der Waals surface area contributed by atoms with Crippen LogP contribution in [0.15, 0.2) is 0 Å². The van der Waals surface area contributed by atoms with Crippen molar-refractivity contribution in [1.29, 1.82) is 0 Å². The fourth-order valence-corrected chi connectivity index (χ4v) is 0. The van der Waals surface area contributed by atoms with Crippen molar-refractivity contribution >= 4 is 1000 Å². The molecule has 0 N–H and O–H groups in total. The molecule has 0 bridgehead atoms. The van der Waals surface area contributed by atoms with E-state index in [1.807, 2.05) is 0 Å². The summed E-state index contributed by atoms with van der Waals surface area (Å²) in [6.45, 7) is 0. The predicted octanol–water partition coefficient (Wildman–Crippen LogP) is -22.0. The topological polar surface area (TPSA) is 0 Å².